The summed E-state index contributed by atoms with van der Waals surface area (Å²) in [4.78, 5) is 28.0. The van der Waals surface area contributed by atoms with Crippen molar-refractivity contribution in [1.29, 1.82) is 0 Å². The first-order valence-corrected chi connectivity index (χ1v) is 8.74. The maximum atomic E-state index is 12.4. The second kappa shape index (κ2) is 7.11. The zero-order valence-corrected chi connectivity index (χ0v) is 15.4. The number of hydrogen-bond donors (Lipinski definition) is 3. The average molecular weight is 353 g/mol. The third-order valence-corrected chi connectivity index (χ3v) is 4.42. The highest BCUT2D eigenvalue weighted by Crippen LogP contribution is 2.25. The third kappa shape index (κ3) is 3.51. The quantitative estimate of drug-likeness (QED) is 0.646. The van der Waals surface area contributed by atoms with E-state index in [-0.39, 0.29) is 23.3 Å². The first-order valence-electron chi connectivity index (χ1n) is 8.74. The molecule has 0 saturated carbocycles. The Morgan fingerprint density at radius 2 is 2.00 bits per heavy atom. The van der Waals surface area contributed by atoms with Crippen molar-refractivity contribution in [3.63, 3.8) is 0 Å². The van der Waals surface area contributed by atoms with Crippen LogP contribution in [0.3, 0.4) is 0 Å². The Morgan fingerprint density at radius 1 is 1.23 bits per heavy atom. The number of aromatic amines is 1. The van der Waals surface area contributed by atoms with Gasteiger partial charge >= 0.3 is 0 Å². The van der Waals surface area contributed by atoms with Gasteiger partial charge in [0.1, 0.15) is 0 Å². The van der Waals surface area contributed by atoms with E-state index >= 15 is 0 Å². The molecule has 2 aromatic heterocycles. The van der Waals surface area contributed by atoms with E-state index in [2.05, 4.69) is 25.3 Å². The fourth-order valence-electron chi connectivity index (χ4n) is 3.11. The van der Waals surface area contributed by atoms with Crippen molar-refractivity contribution in [2.75, 3.05) is 5.32 Å². The largest absolute Gasteiger partial charge is 0.493 e. The molecule has 0 spiro atoms. The van der Waals surface area contributed by atoms with Crippen LogP contribution in [0.25, 0.3) is 10.9 Å². The minimum absolute atomic E-state index is 0.0626. The predicted molar refractivity (Wildman–Crippen MR) is 102 cm³/mol. The van der Waals surface area contributed by atoms with Crippen LogP contribution in [0, 0.1) is 13.8 Å². The predicted octanol–water partition coefficient (Wildman–Crippen LogP) is 3.68. The van der Waals surface area contributed by atoms with Gasteiger partial charge in [0.2, 0.25) is 17.8 Å². The Hall–Kier alpha value is -2.96. The lowest BCUT2D eigenvalue weighted by molar-refractivity contribution is 0.436. The van der Waals surface area contributed by atoms with E-state index < -0.39 is 0 Å². The molecular formula is C19H23N5O2. The zero-order chi connectivity index (χ0) is 18.8. The standard InChI is InChI=1S/C19H23N5O2/c1-5-6-11(3)15-16(25)22-19(23-17(15)26)24-18-20-12(4)13-8-7-10(2)9-14(13)21-18/h7-9,11H,5-6H2,1-4H3,(H3,20,21,22,23,24,25,26). The van der Waals surface area contributed by atoms with Crippen molar-refractivity contribution in [2.24, 2.45) is 0 Å². The number of anilines is 2. The number of benzene rings is 1. The van der Waals surface area contributed by atoms with Crippen LogP contribution in [0.5, 0.6) is 5.88 Å². The Morgan fingerprint density at radius 3 is 2.69 bits per heavy atom. The van der Waals surface area contributed by atoms with Crippen LogP contribution in [-0.2, 0) is 0 Å². The van der Waals surface area contributed by atoms with E-state index in [1.807, 2.05) is 45.9 Å². The molecule has 1 atom stereocenters. The fraction of sp³-hybridized carbons (Fsp3) is 0.368. The van der Waals surface area contributed by atoms with Crippen molar-refractivity contribution in [3.05, 3.63) is 45.4 Å². The molecule has 2 heterocycles. The van der Waals surface area contributed by atoms with Crippen molar-refractivity contribution in [2.45, 2.75) is 46.5 Å². The molecule has 1 aromatic carbocycles. The lowest BCUT2D eigenvalue weighted by Crippen LogP contribution is -2.18. The first-order chi connectivity index (χ1) is 12.4. The molecule has 0 fully saturated rings. The van der Waals surface area contributed by atoms with Gasteiger partial charge in [0, 0.05) is 5.39 Å². The molecule has 3 rings (SSSR count). The summed E-state index contributed by atoms with van der Waals surface area (Å²) in [6, 6.07) is 5.97. The molecule has 26 heavy (non-hydrogen) atoms. The molecule has 3 N–H and O–H groups in total. The smallest absolute Gasteiger partial charge is 0.259 e. The molecule has 136 valence electrons. The van der Waals surface area contributed by atoms with Crippen LogP contribution in [0.2, 0.25) is 0 Å². The SMILES string of the molecule is CCCC(C)c1c(O)nc(Nc2nc(C)c3ccc(C)cc3n2)[nH]c1=O. The minimum atomic E-state index is -0.352. The number of hydrogen-bond acceptors (Lipinski definition) is 6. The summed E-state index contributed by atoms with van der Waals surface area (Å²) in [5.41, 5.74) is 2.68. The van der Waals surface area contributed by atoms with Crippen molar-refractivity contribution in [1.82, 2.24) is 19.9 Å². The van der Waals surface area contributed by atoms with Crippen LogP contribution in [-0.4, -0.2) is 25.0 Å². The van der Waals surface area contributed by atoms with Crippen LogP contribution in [0.4, 0.5) is 11.9 Å². The number of nitrogens with zero attached hydrogens (tertiary/aromatic N) is 3. The van der Waals surface area contributed by atoms with Gasteiger partial charge in [0.15, 0.2) is 0 Å². The second-order valence-corrected chi connectivity index (χ2v) is 6.62. The molecule has 3 aromatic rings. The third-order valence-electron chi connectivity index (χ3n) is 4.42. The van der Waals surface area contributed by atoms with Gasteiger partial charge in [-0.1, -0.05) is 32.4 Å². The molecule has 7 heteroatoms. The molecule has 0 saturated heterocycles. The summed E-state index contributed by atoms with van der Waals surface area (Å²) in [5, 5.41) is 14.1. The minimum Gasteiger partial charge on any atom is -0.493 e. The summed E-state index contributed by atoms with van der Waals surface area (Å²) in [7, 11) is 0. The summed E-state index contributed by atoms with van der Waals surface area (Å²) in [6.07, 6.45) is 1.72. The Labute approximate surface area is 151 Å². The number of aryl methyl sites for hydroxylation is 2. The van der Waals surface area contributed by atoms with E-state index in [9.17, 15) is 9.90 Å². The highest BCUT2D eigenvalue weighted by atomic mass is 16.3. The van der Waals surface area contributed by atoms with E-state index in [0.29, 0.717) is 11.5 Å². The van der Waals surface area contributed by atoms with Gasteiger partial charge in [0.25, 0.3) is 5.56 Å². The van der Waals surface area contributed by atoms with Crippen molar-refractivity contribution < 1.29 is 5.11 Å². The maximum absolute atomic E-state index is 12.4. The lowest BCUT2D eigenvalue weighted by Gasteiger charge is -2.12. The maximum Gasteiger partial charge on any atom is 0.259 e. The molecule has 1 unspecified atom stereocenters. The van der Waals surface area contributed by atoms with Gasteiger partial charge in [-0.25, -0.2) is 9.97 Å². The van der Waals surface area contributed by atoms with Crippen LogP contribution < -0.4 is 10.9 Å². The van der Waals surface area contributed by atoms with Gasteiger partial charge in [-0.2, -0.15) is 4.98 Å². The number of aromatic hydroxyl groups is 1. The molecule has 0 aliphatic heterocycles. The van der Waals surface area contributed by atoms with Gasteiger partial charge in [-0.15, -0.1) is 0 Å². The fourth-order valence-corrected chi connectivity index (χ4v) is 3.11. The topological polar surface area (TPSA) is 104 Å². The average Bonchev–Trinajstić information content (AvgIpc) is 2.53. The number of aromatic nitrogens is 4. The summed E-state index contributed by atoms with van der Waals surface area (Å²) in [6.45, 7) is 7.83. The van der Waals surface area contributed by atoms with Crippen LogP contribution in [0.15, 0.2) is 23.0 Å². The first kappa shape index (κ1) is 17.8. The van der Waals surface area contributed by atoms with Gasteiger partial charge in [-0.05, 0) is 37.8 Å². The molecular weight excluding hydrogens is 330 g/mol. The highest BCUT2D eigenvalue weighted by molar-refractivity contribution is 5.82. The van der Waals surface area contributed by atoms with Gasteiger partial charge in [0.05, 0.1) is 16.8 Å². The van der Waals surface area contributed by atoms with Gasteiger partial charge in [-0.3, -0.25) is 15.1 Å². The van der Waals surface area contributed by atoms with E-state index in [0.717, 1.165) is 35.0 Å². The van der Waals surface area contributed by atoms with Crippen molar-refractivity contribution >= 4 is 22.8 Å². The van der Waals surface area contributed by atoms with Gasteiger partial charge < -0.3 is 5.11 Å². The van der Waals surface area contributed by atoms with Crippen molar-refractivity contribution in [3.8, 4) is 5.88 Å². The molecule has 7 nitrogen and oxygen atoms in total. The summed E-state index contributed by atoms with van der Waals surface area (Å²) < 4.78 is 0. The summed E-state index contributed by atoms with van der Waals surface area (Å²) >= 11 is 0. The summed E-state index contributed by atoms with van der Waals surface area (Å²) in [5.74, 6) is 0.113. The monoisotopic (exact) mass is 353 g/mol. The Bertz CT molecular complexity index is 1010. The Kier molecular flexibility index (Phi) is 4.88. The number of H-pyrrole nitrogens is 1. The molecule has 0 radical (unpaired) electrons. The molecule has 0 amide bonds. The molecule has 0 aliphatic carbocycles. The van der Waals surface area contributed by atoms with E-state index in [1.165, 1.54) is 0 Å². The molecule has 0 aliphatic rings. The number of nitrogens with one attached hydrogen (secondary N) is 2. The normalized spacial score (nSPS) is 12.3. The number of fused-ring (bicyclic) bond motifs is 1. The Balaban J connectivity index is 1.96. The second-order valence-electron chi connectivity index (χ2n) is 6.62. The van der Waals surface area contributed by atoms with Crippen LogP contribution >= 0.6 is 0 Å². The highest BCUT2D eigenvalue weighted by Gasteiger charge is 2.17. The number of rotatable bonds is 5. The lowest BCUT2D eigenvalue weighted by atomic mass is 9.99. The zero-order valence-electron chi connectivity index (χ0n) is 15.4. The molecule has 0 bridgehead atoms. The van der Waals surface area contributed by atoms with E-state index in [4.69, 9.17) is 0 Å². The van der Waals surface area contributed by atoms with E-state index in [1.54, 1.807) is 0 Å². The van der Waals surface area contributed by atoms with Crippen LogP contribution in [0.1, 0.15) is 49.4 Å².